The lowest BCUT2D eigenvalue weighted by atomic mass is 9.93. The highest BCUT2D eigenvalue weighted by Gasteiger charge is 2.15. The van der Waals surface area contributed by atoms with Crippen LogP contribution in [0, 0.1) is 5.92 Å². The molecule has 0 bridgehead atoms. The molecule has 23 heavy (non-hydrogen) atoms. The standard InChI is InChI=1S/C19H26N4/c1-2-5-18(6-3-1)15-23(16-19-7-9-20-10-8-19)13-4-12-22-14-11-21-17-22/h1-2,7-11,14,17-18H,3-6,12-13,15-16H2. The third-order valence-electron chi connectivity index (χ3n) is 4.50. The zero-order valence-corrected chi connectivity index (χ0v) is 13.7. The third kappa shape index (κ3) is 5.32. The molecule has 2 aromatic rings. The van der Waals surface area contributed by atoms with Gasteiger partial charge in [0.2, 0.25) is 0 Å². The number of pyridine rings is 1. The summed E-state index contributed by atoms with van der Waals surface area (Å²) in [6, 6.07) is 4.26. The van der Waals surface area contributed by atoms with E-state index in [9.17, 15) is 0 Å². The number of nitrogens with zero attached hydrogens (tertiary/aromatic N) is 4. The highest BCUT2D eigenvalue weighted by molar-refractivity contribution is 5.09. The molecule has 0 saturated carbocycles. The summed E-state index contributed by atoms with van der Waals surface area (Å²) in [5.41, 5.74) is 1.36. The molecule has 0 radical (unpaired) electrons. The van der Waals surface area contributed by atoms with Gasteiger partial charge in [-0.1, -0.05) is 12.2 Å². The van der Waals surface area contributed by atoms with E-state index >= 15 is 0 Å². The van der Waals surface area contributed by atoms with Gasteiger partial charge in [-0.05, 0) is 49.3 Å². The molecule has 1 aliphatic rings. The fourth-order valence-electron chi connectivity index (χ4n) is 3.26. The van der Waals surface area contributed by atoms with Crippen LogP contribution in [0.1, 0.15) is 31.2 Å². The molecule has 2 aromatic heterocycles. The molecule has 1 unspecified atom stereocenters. The summed E-state index contributed by atoms with van der Waals surface area (Å²) in [5, 5.41) is 0. The van der Waals surface area contributed by atoms with Crippen molar-refractivity contribution >= 4 is 0 Å². The van der Waals surface area contributed by atoms with E-state index < -0.39 is 0 Å². The van der Waals surface area contributed by atoms with Crippen LogP contribution < -0.4 is 0 Å². The Morgan fingerprint density at radius 2 is 2.04 bits per heavy atom. The molecule has 0 fully saturated rings. The number of hydrogen-bond acceptors (Lipinski definition) is 3. The summed E-state index contributed by atoms with van der Waals surface area (Å²) >= 11 is 0. The number of aromatic nitrogens is 3. The van der Waals surface area contributed by atoms with Crippen molar-refractivity contribution in [3.8, 4) is 0 Å². The van der Waals surface area contributed by atoms with Gasteiger partial charge < -0.3 is 4.57 Å². The second-order valence-electron chi connectivity index (χ2n) is 6.40. The minimum absolute atomic E-state index is 0.801. The molecule has 0 amide bonds. The molecule has 3 rings (SSSR count). The van der Waals surface area contributed by atoms with Crippen LogP contribution in [0.3, 0.4) is 0 Å². The Morgan fingerprint density at radius 1 is 1.13 bits per heavy atom. The van der Waals surface area contributed by atoms with Gasteiger partial charge in [-0.2, -0.15) is 0 Å². The Bertz CT molecular complexity index is 577. The Hall–Kier alpha value is -1.94. The Balaban J connectivity index is 1.54. The lowest BCUT2D eigenvalue weighted by molar-refractivity contribution is 0.209. The number of rotatable bonds is 8. The summed E-state index contributed by atoms with van der Waals surface area (Å²) in [7, 11) is 0. The van der Waals surface area contributed by atoms with Gasteiger partial charge in [0.15, 0.2) is 0 Å². The van der Waals surface area contributed by atoms with Crippen LogP contribution in [-0.2, 0) is 13.1 Å². The van der Waals surface area contributed by atoms with Crippen molar-refractivity contribution in [2.24, 2.45) is 5.92 Å². The van der Waals surface area contributed by atoms with Crippen LogP contribution in [0.2, 0.25) is 0 Å². The van der Waals surface area contributed by atoms with Crippen molar-refractivity contribution in [1.82, 2.24) is 19.4 Å². The molecule has 0 saturated heterocycles. The summed E-state index contributed by atoms with van der Waals surface area (Å²) in [6.07, 6.45) is 19.2. The van der Waals surface area contributed by atoms with E-state index in [-0.39, 0.29) is 0 Å². The van der Waals surface area contributed by atoms with E-state index in [0.29, 0.717) is 0 Å². The first-order valence-corrected chi connectivity index (χ1v) is 8.62. The molecule has 4 heteroatoms. The highest BCUT2D eigenvalue weighted by Crippen LogP contribution is 2.20. The molecule has 0 spiro atoms. The van der Waals surface area contributed by atoms with Gasteiger partial charge in [0, 0.05) is 51.0 Å². The van der Waals surface area contributed by atoms with Crippen molar-refractivity contribution in [2.45, 2.75) is 38.8 Å². The summed E-state index contributed by atoms with van der Waals surface area (Å²) < 4.78 is 2.16. The van der Waals surface area contributed by atoms with Crippen molar-refractivity contribution in [3.63, 3.8) is 0 Å². The monoisotopic (exact) mass is 310 g/mol. The predicted molar refractivity (Wildman–Crippen MR) is 92.8 cm³/mol. The molecule has 1 atom stereocenters. The Morgan fingerprint density at radius 3 is 2.78 bits per heavy atom. The fraction of sp³-hybridized carbons (Fsp3) is 0.474. The van der Waals surface area contributed by atoms with E-state index in [4.69, 9.17) is 0 Å². The SMILES string of the molecule is C1=CCC(CN(CCCn2ccnc2)Cc2ccncc2)CC1. The number of aryl methyl sites for hydroxylation is 1. The van der Waals surface area contributed by atoms with E-state index in [1.54, 1.807) is 0 Å². The molecular weight excluding hydrogens is 284 g/mol. The van der Waals surface area contributed by atoms with Gasteiger partial charge in [0.1, 0.15) is 0 Å². The van der Waals surface area contributed by atoms with Crippen molar-refractivity contribution < 1.29 is 0 Å². The number of hydrogen-bond donors (Lipinski definition) is 0. The van der Waals surface area contributed by atoms with Gasteiger partial charge in [-0.25, -0.2) is 4.98 Å². The van der Waals surface area contributed by atoms with Gasteiger partial charge in [0.05, 0.1) is 6.33 Å². The maximum absolute atomic E-state index is 4.13. The summed E-state index contributed by atoms with van der Waals surface area (Å²) in [4.78, 5) is 10.8. The first-order valence-electron chi connectivity index (χ1n) is 8.62. The largest absolute Gasteiger partial charge is 0.337 e. The van der Waals surface area contributed by atoms with Crippen LogP contribution in [-0.4, -0.2) is 32.5 Å². The van der Waals surface area contributed by atoms with Gasteiger partial charge in [-0.3, -0.25) is 9.88 Å². The minimum atomic E-state index is 0.801. The van der Waals surface area contributed by atoms with Crippen LogP contribution in [0.4, 0.5) is 0 Å². The molecule has 0 N–H and O–H groups in total. The zero-order chi connectivity index (χ0) is 15.7. The zero-order valence-electron chi connectivity index (χ0n) is 13.7. The molecular formula is C19H26N4. The van der Waals surface area contributed by atoms with Gasteiger partial charge in [-0.15, -0.1) is 0 Å². The molecule has 122 valence electrons. The summed E-state index contributed by atoms with van der Waals surface area (Å²) in [5.74, 6) is 0.801. The molecule has 0 aliphatic heterocycles. The topological polar surface area (TPSA) is 34.0 Å². The smallest absolute Gasteiger partial charge is 0.0945 e. The third-order valence-corrected chi connectivity index (χ3v) is 4.50. The van der Waals surface area contributed by atoms with Gasteiger partial charge in [0.25, 0.3) is 0 Å². The number of imidazole rings is 1. The van der Waals surface area contributed by atoms with Crippen molar-refractivity contribution in [1.29, 1.82) is 0 Å². The fourth-order valence-corrected chi connectivity index (χ4v) is 3.26. The first-order chi connectivity index (χ1) is 11.4. The molecule has 1 aliphatic carbocycles. The molecule has 4 nitrogen and oxygen atoms in total. The second-order valence-corrected chi connectivity index (χ2v) is 6.40. The molecule has 2 heterocycles. The summed E-state index contributed by atoms with van der Waals surface area (Å²) in [6.45, 7) is 4.38. The number of allylic oxidation sites excluding steroid dienone is 2. The average Bonchev–Trinajstić information content (AvgIpc) is 3.10. The van der Waals surface area contributed by atoms with Crippen LogP contribution in [0.15, 0.2) is 55.4 Å². The Labute approximate surface area is 138 Å². The van der Waals surface area contributed by atoms with E-state index in [1.807, 2.05) is 31.1 Å². The van der Waals surface area contributed by atoms with Crippen LogP contribution in [0.25, 0.3) is 0 Å². The maximum Gasteiger partial charge on any atom is 0.0945 e. The lowest BCUT2D eigenvalue weighted by Gasteiger charge is -2.28. The van der Waals surface area contributed by atoms with E-state index in [1.165, 1.54) is 31.4 Å². The van der Waals surface area contributed by atoms with Crippen molar-refractivity contribution in [2.75, 3.05) is 13.1 Å². The van der Waals surface area contributed by atoms with E-state index in [2.05, 4.69) is 43.7 Å². The normalized spacial score (nSPS) is 17.7. The molecule has 0 aromatic carbocycles. The van der Waals surface area contributed by atoms with Crippen LogP contribution in [0.5, 0.6) is 0 Å². The van der Waals surface area contributed by atoms with E-state index in [0.717, 1.165) is 32.0 Å². The van der Waals surface area contributed by atoms with Gasteiger partial charge >= 0.3 is 0 Å². The lowest BCUT2D eigenvalue weighted by Crippen LogP contribution is -2.31. The maximum atomic E-state index is 4.13. The second kappa shape index (κ2) is 8.63. The average molecular weight is 310 g/mol. The predicted octanol–water partition coefficient (Wildman–Crippen LogP) is 3.53. The van der Waals surface area contributed by atoms with Crippen molar-refractivity contribution in [3.05, 3.63) is 61.0 Å². The quantitative estimate of drug-likeness (QED) is 0.700. The Kier molecular flexibility index (Phi) is 5.98. The minimum Gasteiger partial charge on any atom is -0.337 e. The first kappa shape index (κ1) is 15.9. The highest BCUT2D eigenvalue weighted by atomic mass is 15.1. The van der Waals surface area contributed by atoms with Crippen LogP contribution >= 0.6 is 0 Å².